The molecule has 2 aromatic rings. The summed E-state index contributed by atoms with van der Waals surface area (Å²) in [5.74, 6) is -0.703. The molecule has 0 aromatic heterocycles. The lowest BCUT2D eigenvalue weighted by molar-refractivity contribution is -0.136. The van der Waals surface area contributed by atoms with Crippen LogP contribution >= 0.6 is 11.6 Å². The van der Waals surface area contributed by atoms with Gasteiger partial charge in [-0.25, -0.2) is 5.43 Å². The molecule has 0 saturated carbocycles. The molecule has 2 rings (SSSR count). The van der Waals surface area contributed by atoms with E-state index in [2.05, 4.69) is 15.8 Å². The molecule has 0 aliphatic rings. The number of nitrogens with zero attached hydrogens (tertiary/aromatic N) is 1. The number of hydrazone groups is 1. The zero-order chi connectivity index (χ0) is 18.2. The van der Waals surface area contributed by atoms with E-state index < -0.39 is 11.8 Å². The van der Waals surface area contributed by atoms with Crippen molar-refractivity contribution < 1.29 is 19.1 Å². The number of carbonyl (C=O) groups excluding carboxylic acids is 2. The predicted octanol–water partition coefficient (Wildman–Crippen LogP) is 2.45. The Morgan fingerprint density at radius 3 is 2.44 bits per heavy atom. The SMILES string of the molecule is COc1ccc(/C=N\NC(=O)C(=O)Nc2ccccc2Cl)cc1OC. The Morgan fingerprint density at radius 2 is 1.76 bits per heavy atom. The molecule has 0 fully saturated rings. The van der Waals surface area contributed by atoms with E-state index in [0.717, 1.165) is 0 Å². The molecule has 0 aliphatic heterocycles. The third kappa shape index (κ3) is 4.95. The normalized spacial score (nSPS) is 10.4. The standard InChI is InChI=1S/C17H16ClN3O4/c1-24-14-8-7-11(9-15(14)25-2)10-19-21-17(23)16(22)20-13-6-4-3-5-12(13)18/h3-10H,1-2H3,(H,20,22)(H,21,23)/b19-10-. The van der Waals surface area contributed by atoms with Crippen molar-refractivity contribution in [1.29, 1.82) is 0 Å². The van der Waals surface area contributed by atoms with Gasteiger partial charge in [-0.15, -0.1) is 0 Å². The Labute approximate surface area is 149 Å². The number of amides is 2. The highest BCUT2D eigenvalue weighted by molar-refractivity contribution is 6.41. The molecule has 0 atom stereocenters. The molecule has 0 saturated heterocycles. The molecule has 0 unspecified atom stereocenters. The Bertz CT molecular complexity index is 808. The zero-order valence-electron chi connectivity index (χ0n) is 13.6. The smallest absolute Gasteiger partial charge is 0.329 e. The summed E-state index contributed by atoms with van der Waals surface area (Å²) in [6.07, 6.45) is 1.38. The van der Waals surface area contributed by atoms with Crippen molar-refractivity contribution >= 4 is 35.3 Å². The van der Waals surface area contributed by atoms with Gasteiger partial charge in [0.15, 0.2) is 11.5 Å². The Hall–Kier alpha value is -3.06. The van der Waals surface area contributed by atoms with Crippen LogP contribution in [0.3, 0.4) is 0 Å². The van der Waals surface area contributed by atoms with Crippen molar-refractivity contribution in [2.45, 2.75) is 0 Å². The van der Waals surface area contributed by atoms with Crippen molar-refractivity contribution in [3.63, 3.8) is 0 Å². The summed E-state index contributed by atoms with van der Waals surface area (Å²) in [5, 5.41) is 6.47. The van der Waals surface area contributed by atoms with Gasteiger partial charge in [0, 0.05) is 0 Å². The van der Waals surface area contributed by atoms with Crippen molar-refractivity contribution in [3.05, 3.63) is 53.1 Å². The van der Waals surface area contributed by atoms with Gasteiger partial charge in [0.1, 0.15) is 0 Å². The van der Waals surface area contributed by atoms with E-state index in [-0.39, 0.29) is 0 Å². The molecule has 25 heavy (non-hydrogen) atoms. The summed E-state index contributed by atoms with van der Waals surface area (Å²) in [7, 11) is 3.04. The largest absolute Gasteiger partial charge is 0.493 e. The van der Waals surface area contributed by atoms with Crippen LogP contribution in [0, 0.1) is 0 Å². The lowest BCUT2D eigenvalue weighted by Crippen LogP contribution is -2.32. The number of halogens is 1. The molecule has 2 aromatic carbocycles. The average Bonchev–Trinajstić information content (AvgIpc) is 2.63. The molecule has 0 radical (unpaired) electrons. The highest BCUT2D eigenvalue weighted by Gasteiger charge is 2.14. The summed E-state index contributed by atoms with van der Waals surface area (Å²) < 4.78 is 10.3. The van der Waals surface area contributed by atoms with E-state index in [0.29, 0.717) is 27.8 Å². The molecule has 2 N–H and O–H groups in total. The van der Waals surface area contributed by atoms with Crippen LogP contribution in [0.25, 0.3) is 0 Å². The van der Waals surface area contributed by atoms with Gasteiger partial charge < -0.3 is 14.8 Å². The number of para-hydroxylation sites is 1. The minimum Gasteiger partial charge on any atom is -0.493 e. The van der Waals surface area contributed by atoms with Crippen molar-refractivity contribution in [2.75, 3.05) is 19.5 Å². The van der Waals surface area contributed by atoms with Gasteiger partial charge in [-0.05, 0) is 35.9 Å². The van der Waals surface area contributed by atoms with Gasteiger partial charge >= 0.3 is 11.8 Å². The lowest BCUT2D eigenvalue weighted by Gasteiger charge is -2.07. The van der Waals surface area contributed by atoms with Crippen LogP contribution in [0.1, 0.15) is 5.56 Å². The van der Waals surface area contributed by atoms with Crippen LogP contribution in [0.2, 0.25) is 5.02 Å². The van der Waals surface area contributed by atoms with E-state index in [1.807, 2.05) is 0 Å². The number of hydrogen-bond donors (Lipinski definition) is 2. The van der Waals surface area contributed by atoms with E-state index in [4.69, 9.17) is 21.1 Å². The number of rotatable bonds is 5. The second-order valence-electron chi connectivity index (χ2n) is 4.75. The molecule has 0 aliphatic carbocycles. The van der Waals surface area contributed by atoms with Gasteiger partial charge in [-0.2, -0.15) is 5.10 Å². The van der Waals surface area contributed by atoms with E-state index >= 15 is 0 Å². The molecule has 130 valence electrons. The molecule has 0 heterocycles. The summed E-state index contributed by atoms with van der Waals surface area (Å²) in [4.78, 5) is 23.5. The molecular weight excluding hydrogens is 346 g/mol. The number of anilines is 1. The molecule has 2 amide bonds. The first kappa shape index (κ1) is 18.3. The summed E-state index contributed by atoms with van der Waals surface area (Å²) in [6.45, 7) is 0. The first-order chi connectivity index (χ1) is 12.0. The first-order valence-corrected chi connectivity index (χ1v) is 7.54. The first-order valence-electron chi connectivity index (χ1n) is 7.16. The van der Waals surface area contributed by atoms with E-state index in [1.54, 1.807) is 42.5 Å². The summed E-state index contributed by atoms with van der Waals surface area (Å²) in [6, 6.07) is 11.7. The number of benzene rings is 2. The quantitative estimate of drug-likeness (QED) is 0.486. The summed E-state index contributed by atoms with van der Waals surface area (Å²) >= 11 is 5.91. The van der Waals surface area contributed by atoms with Gasteiger partial charge in [0.25, 0.3) is 0 Å². The van der Waals surface area contributed by atoms with Crippen molar-refractivity contribution in [2.24, 2.45) is 5.10 Å². The van der Waals surface area contributed by atoms with Gasteiger partial charge in [0.2, 0.25) is 0 Å². The Morgan fingerprint density at radius 1 is 1.04 bits per heavy atom. The van der Waals surface area contributed by atoms with Crippen LogP contribution < -0.4 is 20.2 Å². The second kappa shape index (κ2) is 8.70. The van der Waals surface area contributed by atoms with Crippen molar-refractivity contribution in [1.82, 2.24) is 5.43 Å². The maximum absolute atomic E-state index is 11.8. The van der Waals surface area contributed by atoms with Crippen molar-refractivity contribution in [3.8, 4) is 11.5 Å². The van der Waals surface area contributed by atoms with E-state index in [9.17, 15) is 9.59 Å². The minimum atomic E-state index is -0.920. The zero-order valence-corrected chi connectivity index (χ0v) is 14.3. The monoisotopic (exact) mass is 361 g/mol. The minimum absolute atomic E-state index is 0.331. The van der Waals surface area contributed by atoms with Crippen LogP contribution in [-0.2, 0) is 9.59 Å². The number of carbonyl (C=O) groups is 2. The maximum Gasteiger partial charge on any atom is 0.329 e. The molecular formula is C17H16ClN3O4. The van der Waals surface area contributed by atoms with Crippen LogP contribution in [0.15, 0.2) is 47.6 Å². The topological polar surface area (TPSA) is 89.0 Å². The fourth-order valence-corrected chi connectivity index (χ4v) is 2.07. The Balaban J connectivity index is 1.96. The van der Waals surface area contributed by atoms with Gasteiger partial charge in [-0.3, -0.25) is 9.59 Å². The average molecular weight is 362 g/mol. The third-order valence-electron chi connectivity index (χ3n) is 3.12. The molecule has 7 nitrogen and oxygen atoms in total. The molecule has 0 spiro atoms. The predicted molar refractivity (Wildman–Crippen MR) is 95.4 cm³/mol. The van der Waals surface area contributed by atoms with E-state index in [1.165, 1.54) is 20.4 Å². The Kier molecular flexibility index (Phi) is 6.36. The maximum atomic E-state index is 11.8. The highest BCUT2D eigenvalue weighted by atomic mass is 35.5. The lowest BCUT2D eigenvalue weighted by atomic mass is 10.2. The van der Waals surface area contributed by atoms with Crippen LogP contribution in [-0.4, -0.2) is 32.2 Å². The number of methoxy groups -OCH3 is 2. The number of nitrogens with one attached hydrogen (secondary N) is 2. The van der Waals surface area contributed by atoms with Crippen LogP contribution in [0.5, 0.6) is 11.5 Å². The third-order valence-corrected chi connectivity index (χ3v) is 3.45. The number of ether oxygens (including phenoxy) is 2. The fourth-order valence-electron chi connectivity index (χ4n) is 1.89. The fraction of sp³-hybridized carbons (Fsp3) is 0.118. The summed E-state index contributed by atoms with van der Waals surface area (Å²) in [5.41, 5.74) is 3.14. The van der Waals surface area contributed by atoms with Crippen LogP contribution in [0.4, 0.5) is 5.69 Å². The second-order valence-corrected chi connectivity index (χ2v) is 5.15. The highest BCUT2D eigenvalue weighted by Crippen LogP contribution is 2.26. The van der Waals surface area contributed by atoms with Gasteiger partial charge in [-0.1, -0.05) is 23.7 Å². The van der Waals surface area contributed by atoms with Gasteiger partial charge in [0.05, 0.1) is 31.1 Å². The molecule has 8 heteroatoms. The molecule has 0 bridgehead atoms. The number of hydrogen-bond acceptors (Lipinski definition) is 5.